The van der Waals surface area contributed by atoms with Gasteiger partial charge in [0, 0.05) is 0 Å². The Balaban J connectivity index is 0.000000214. The van der Waals surface area contributed by atoms with E-state index in [0.717, 1.165) is 13.2 Å². The third kappa shape index (κ3) is 2.57. The summed E-state index contributed by atoms with van der Waals surface area (Å²) in [4.78, 5) is 0. The van der Waals surface area contributed by atoms with Gasteiger partial charge in [0.1, 0.15) is 0 Å². The molecule has 3 rings (SSSR count). The molecule has 14 heavy (non-hydrogen) atoms. The molecule has 0 saturated carbocycles. The maximum absolute atomic E-state index is 4.50. The lowest BCUT2D eigenvalue weighted by atomic mass is 10.1. The standard InChI is InChI=1S/C11H10.C2H4O/c1-9-6-7-10-4-2-3-5-11(10)8-9;1-2-3-1/h2-8H,1H3;1-2H2. The molecule has 0 aromatic heterocycles. The Morgan fingerprint density at radius 3 is 2.21 bits per heavy atom. The van der Waals surface area contributed by atoms with Crippen molar-refractivity contribution in [2.75, 3.05) is 13.2 Å². The molecular weight excluding hydrogens is 172 g/mol. The second-order valence-corrected chi connectivity index (χ2v) is 3.46. The van der Waals surface area contributed by atoms with Crippen LogP contribution in [0.3, 0.4) is 0 Å². The van der Waals surface area contributed by atoms with E-state index in [2.05, 4.69) is 54.1 Å². The second-order valence-electron chi connectivity index (χ2n) is 3.46. The molecule has 1 fully saturated rings. The van der Waals surface area contributed by atoms with Gasteiger partial charge in [-0.05, 0) is 17.7 Å². The Hall–Kier alpha value is -1.34. The van der Waals surface area contributed by atoms with Gasteiger partial charge in [0.05, 0.1) is 13.2 Å². The van der Waals surface area contributed by atoms with Gasteiger partial charge in [0.25, 0.3) is 0 Å². The van der Waals surface area contributed by atoms with Crippen LogP contribution in [0.1, 0.15) is 5.56 Å². The van der Waals surface area contributed by atoms with Gasteiger partial charge in [-0.15, -0.1) is 0 Å². The number of ether oxygens (including phenoxy) is 1. The highest BCUT2D eigenvalue weighted by Gasteiger charge is 1.94. The van der Waals surface area contributed by atoms with Gasteiger partial charge in [0.2, 0.25) is 0 Å². The van der Waals surface area contributed by atoms with Gasteiger partial charge in [-0.25, -0.2) is 0 Å². The van der Waals surface area contributed by atoms with Crippen LogP contribution in [0, 0.1) is 6.92 Å². The number of epoxide rings is 1. The third-order valence-electron chi connectivity index (χ3n) is 2.11. The molecule has 0 atom stereocenters. The maximum Gasteiger partial charge on any atom is 0.0701 e. The first kappa shape index (κ1) is 9.22. The first-order valence-electron chi connectivity index (χ1n) is 4.89. The minimum absolute atomic E-state index is 1.00. The molecule has 1 nitrogen and oxygen atoms in total. The van der Waals surface area contributed by atoms with Crippen LogP contribution < -0.4 is 0 Å². The number of rotatable bonds is 0. The lowest BCUT2D eigenvalue weighted by molar-refractivity contribution is 0.475. The lowest BCUT2D eigenvalue weighted by Gasteiger charge is -1.96. The van der Waals surface area contributed by atoms with E-state index in [1.54, 1.807) is 0 Å². The Kier molecular flexibility index (Phi) is 2.80. The van der Waals surface area contributed by atoms with Gasteiger partial charge in [-0.3, -0.25) is 0 Å². The van der Waals surface area contributed by atoms with Gasteiger partial charge in [-0.2, -0.15) is 0 Å². The van der Waals surface area contributed by atoms with Gasteiger partial charge in [0.15, 0.2) is 0 Å². The van der Waals surface area contributed by atoms with Crippen LogP contribution >= 0.6 is 0 Å². The zero-order chi connectivity index (χ0) is 9.80. The fraction of sp³-hybridized carbons (Fsp3) is 0.231. The van der Waals surface area contributed by atoms with E-state index in [-0.39, 0.29) is 0 Å². The van der Waals surface area contributed by atoms with Crippen molar-refractivity contribution in [2.24, 2.45) is 0 Å². The Morgan fingerprint density at radius 1 is 0.929 bits per heavy atom. The van der Waals surface area contributed by atoms with Crippen LogP contribution in [-0.2, 0) is 4.74 Å². The van der Waals surface area contributed by atoms with Gasteiger partial charge < -0.3 is 4.74 Å². The predicted octanol–water partition coefficient (Wildman–Crippen LogP) is 3.16. The first-order valence-corrected chi connectivity index (χ1v) is 4.89. The van der Waals surface area contributed by atoms with Gasteiger partial charge >= 0.3 is 0 Å². The van der Waals surface area contributed by atoms with Crippen LogP contribution in [0.15, 0.2) is 42.5 Å². The Morgan fingerprint density at radius 2 is 1.57 bits per heavy atom. The zero-order valence-corrected chi connectivity index (χ0v) is 8.36. The zero-order valence-electron chi connectivity index (χ0n) is 8.36. The number of benzene rings is 2. The Bertz CT molecular complexity index is 416. The fourth-order valence-corrected chi connectivity index (χ4v) is 1.31. The summed E-state index contributed by atoms with van der Waals surface area (Å²) < 4.78 is 4.50. The minimum Gasteiger partial charge on any atom is -0.377 e. The molecule has 2 aromatic carbocycles. The van der Waals surface area contributed by atoms with E-state index in [1.807, 2.05) is 0 Å². The van der Waals surface area contributed by atoms with Crippen molar-refractivity contribution in [2.45, 2.75) is 6.92 Å². The van der Waals surface area contributed by atoms with Crippen molar-refractivity contribution >= 4 is 10.8 Å². The molecule has 1 aliphatic rings. The quantitative estimate of drug-likeness (QED) is 0.576. The molecular formula is C13H14O. The third-order valence-corrected chi connectivity index (χ3v) is 2.11. The van der Waals surface area contributed by atoms with Gasteiger partial charge in [-0.1, -0.05) is 48.0 Å². The van der Waals surface area contributed by atoms with E-state index >= 15 is 0 Å². The number of aryl methyl sites for hydroxylation is 1. The van der Waals surface area contributed by atoms with Crippen molar-refractivity contribution < 1.29 is 4.74 Å². The van der Waals surface area contributed by atoms with Crippen molar-refractivity contribution in [3.05, 3.63) is 48.0 Å². The molecule has 0 spiro atoms. The average Bonchev–Trinajstić information content (AvgIpc) is 3.04. The predicted molar refractivity (Wildman–Crippen MR) is 59.5 cm³/mol. The van der Waals surface area contributed by atoms with Crippen LogP contribution in [0.2, 0.25) is 0 Å². The Labute approximate surface area is 84.3 Å². The second kappa shape index (κ2) is 4.25. The number of hydrogen-bond donors (Lipinski definition) is 0. The van der Waals surface area contributed by atoms with E-state index in [1.165, 1.54) is 16.3 Å². The van der Waals surface area contributed by atoms with Crippen molar-refractivity contribution in [1.29, 1.82) is 0 Å². The number of hydrogen-bond acceptors (Lipinski definition) is 1. The highest BCUT2D eigenvalue weighted by Crippen LogP contribution is 2.14. The summed E-state index contributed by atoms with van der Waals surface area (Å²) in [5.41, 5.74) is 1.32. The topological polar surface area (TPSA) is 12.5 Å². The molecule has 1 saturated heterocycles. The van der Waals surface area contributed by atoms with Crippen LogP contribution in [0.4, 0.5) is 0 Å². The normalized spacial score (nSPS) is 13.2. The molecule has 0 radical (unpaired) electrons. The van der Waals surface area contributed by atoms with E-state index in [0.29, 0.717) is 0 Å². The molecule has 1 heterocycles. The summed E-state index contributed by atoms with van der Waals surface area (Å²) >= 11 is 0. The summed E-state index contributed by atoms with van der Waals surface area (Å²) in [5, 5.41) is 2.64. The maximum atomic E-state index is 4.50. The molecule has 2 aromatic rings. The van der Waals surface area contributed by atoms with Crippen molar-refractivity contribution in [1.82, 2.24) is 0 Å². The molecule has 0 unspecified atom stereocenters. The largest absolute Gasteiger partial charge is 0.377 e. The molecule has 72 valence electrons. The van der Waals surface area contributed by atoms with E-state index in [4.69, 9.17) is 0 Å². The number of fused-ring (bicyclic) bond motifs is 1. The lowest BCUT2D eigenvalue weighted by Crippen LogP contribution is -1.73. The highest BCUT2D eigenvalue weighted by atomic mass is 16.6. The summed E-state index contributed by atoms with van der Waals surface area (Å²) in [6, 6.07) is 14.9. The molecule has 0 N–H and O–H groups in total. The fourth-order valence-electron chi connectivity index (χ4n) is 1.31. The summed E-state index contributed by atoms with van der Waals surface area (Å²) in [7, 11) is 0. The molecule has 0 aliphatic carbocycles. The molecule has 0 amide bonds. The molecule has 1 aliphatic heterocycles. The minimum atomic E-state index is 1.00. The van der Waals surface area contributed by atoms with E-state index in [9.17, 15) is 0 Å². The summed E-state index contributed by atoms with van der Waals surface area (Å²) in [5.74, 6) is 0. The SMILES string of the molecule is C1CO1.Cc1ccc2ccccc2c1. The molecule has 1 heteroatoms. The molecule has 0 bridgehead atoms. The first-order chi connectivity index (χ1) is 6.86. The van der Waals surface area contributed by atoms with Crippen molar-refractivity contribution in [3.63, 3.8) is 0 Å². The van der Waals surface area contributed by atoms with Crippen LogP contribution in [0.25, 0.3) is 10.8 Å². The summed E-state index contributed by atoms with van der Waals surface area (Å²) in [6.07, 6.45) is 0. The van der Waals surface area contributed by atoms with E-state index < -0.39 is 0 Å². The van der Waals surface area contributed by atoms with Crippen molar-refractivity contribution in [3.8, 4) is 0 Å². The van der Waals surface area contributed by atoms with Crippen LogP contribution in [-0.4, -0.2) is 13.2 Å². The summed E-state index contributed by atoms with van der Waals surface area (Å²) in [6.45, 7) is 4.12. The highest BCUT2D eigenvalue weighted by molar-refractivity contribution is 5.82. The monoisotopic (exact) mass is 186 g/mol. The smallest absolute Gasteiger partial charge is 0.0701 e. The average molecular weight is 186 g/mol. The van der Waals surface area contributed by atoms with Crippen LogP contribution in [0.5, 0.6) is 0 Å².